The van der Waals surface area contributed by atoms with Gasteiger partial charge in [0.1, 0.15) is 6.10 Å². The number of rotatable bonds is 3. The summed E-state index contributed by atoms with van der Waals surface area (Å²) in [5.74, 6) is 0.482. The highest BCUT2D eigenvalue weighted by atomic mass is 35.5. The summed E-state index contributed by atoms with van der Waals surface area (Å²) in [6.45, 7) is 4.07. The Morgan fingerprint density at radius 3 is 2.79 bits per heavy atom. The molecule has 2 fully saturated rings. The molecule has 1 aliphatic heterocycles. The number of fused-ring (bicyclic) bond motifs is 2. The predicted octanol–water partition coefficient (Wildman–Crippen LogP) is 4.44. The van der Waals surface area contributed by atoms with Crippen molar-refractivity contribution < 1.29 is 9.53 Å². The number of piperidine rings is 1. The third-order valence-corrected chi connectivity index (χ3v) is 7.21. The quantitative estimate of drug-likeness (QED) is 0.712. The lowest BCUT2D eigenvalue weighted by Crippen LogP contribution is -2.51. The molecule has 1 aromatic heterocycles. The van der Waals surface area contributed by atoms with Gasteiger partial charge < -0.3 is 9.30 Å². The first kappa shape index (κ1) is 19.8. The Kier molecular flexibility index (Phi) is 5.45. The molecule has 0 radical (unpaired) electrons. The first-order valence-corrected chi connectivity index (χ1v) is 10.7. The maximum absolute atomic E-state index is 12.9. The van der Waals surface area contributed by atoms with Crippen molar-refractivity contribution in [2.24, 2.45) is 13.0 Å². The Labute approximate surface area is 173 Å². The Balaban J connectivity index is 0.00000192. The molecule has 4 nitrogen and oxygen atoms in total. The van der Waals surface area contributed by atoms with E-state index in [1.807, 2.05) is 0 Å². The molecule has 0 spiro atoms. The van der Waals surface area contributed by atoms with Gasteiger partial charge in [0.05, 0.1) is 5.92 Å². The zero-order chi connectivity index (χ0) is 18.5. The van der Waals surface area contributed by atoms with Crippen LogP contribution in [0.5, 0.6) is 0 Å². The van der Waals surface area contributed by atoms with Crippen molar-refractivity contribution in [3.05, 3.63) is 35.5 Å². The van der Waals surface area contributed by atoms with Crippen LogP contribution in [0.25, 0.3) is 10.9 Å². The highest BCUT2D eigenvalue weighted by Gasteiger charge is 2.43. The highest BCUT2D eigenvalue weighted by Crippen LogP contribution is 2.45. The molecule has 2 aliphatic carbocycles. The van der Waals surface area contributed by atoms with Gasteiger partial charge in [0.2, 0.25) is 0 Å². The van der Waals surface area contributed by atoms with Gasteiger partial charge in [-0.05, 0) is 62.3 Å². The van der Waals surface area contributed by atoms with Gasteiger partial charge in [-0.2, -0.15) is 0 Å². The minimum absolute atomic E-state index is 0. The molecule has 1 saturated carbocycles. The standard InChI is InChI=1S/C23H30N2O2.ClH/c1-3-25-14-16(23(26)27-17-7-4-5-8-17)11-19-18-9-6-10-20-22(18)15(12-21(19)25)13-24(20)2;/h6,9-10,13,16-17,19,21H,3-5,7-8,11-12,14H2,1-2H3;1H/t16-,19?,21-;/m1./s1. The number of halogens is 1. The number of likely N-dealkylation sites (tertiary alicyclic amines) is 1. The molecule has 28 heavy (non-hydrogen) atoms. The summed E-state index contributed by atoms with van der Waals surface area (Å²) in [5, 5.41) is 1.43. The van der Waals surface area contributed by atoms with Crippen LogP contribution < -0.4 is 0 Å². The van der Waals surface area contributed by atoms with Crippen LogP contribution in [0.3, 0.4) is 0 Å². The first-order chi connectivity index (χ1) is 13.2. The summed E-state index contributed by atoms with van der Waals surface area (Å²) in [4.78, 5) is 15.5. The van der Waals surface area contributed by atoms with Gasteiger partial charge in [0.25, 0.3) is 0 Å². The summed E-state index contributed by atoms with van der Waals surface area (Å²) in [6.07, 6.45) is 9.00. The van der Waals surface area contributed by atoms with Gasteiger partial charge in [-0.25, -0.2) is 0 Å². The number of carbonyl (C=O) groups is 1. The van der Waals surface area contributed by atoms with E-state index in [-0.39, 0.29) is 30.4 Å². The number of carbonyl (C=O) groups excluding carboxylic acids is 1. The van der Waals surface area contributed by atoms with Gasteiger partial charge in [-0.1, -0.05) is 19.1 Å². The van der Waals surface area contributed by atoms with Crippen molar-refractivity contribution in [2.45, 2.75) is 63.5 Å². The summed E-state index contributed by atoms with van der Waals surface area (Å²) < 4.78 is 8.16. The van der Waals surface area contributed by atoms with Gasteiger partial charge in [-0.15, -0.1) is 12.4 Å². The molecule has 0 amide bonds. The molecule has 152 valence electrons. The number of hydrogen-bond acceptors (Lipinski definition) is 3. The summed E-state index contributed by atoms with van der Waals surface area (Å²) >= 11 is 0. The van der Waals surface area contributed by atoms with Crippen molar-refractivity contribution >= 4 is 29.3 Å². The molecule has 5 heteroatoms. The minimum Gasteiger partial charge on any atom is -0.462 e. The second-order valence-electron chi connectivity index (χ2n) is 8.75. The van der Waals surface area contributed by atoms with Crippen molar-refractivity contribution in [2.75, 3.05) is 13.1 Å². The normalized spacial score (nSPS) is 27.4. The fraction of sp³-hybridized carbons (Fsp3) is 0.609. The number of aromatic nitrogens is 1. The smallest absolute Gasteiger partial charge is 0.310 e. The van der Waals surface area contributed by atoms with Crippen molar-refractivity contribution in [3.63, 3.8) is 0 Å². The zero-order valence-corrected chi connectivity index (χ0v) is 17.7. The van der Waals surface area contributed by atoms with Gasteiger partial charge >= 0.3 is 5.97 Å². The van der Waals surface area contributed by atoms with E-state index in [9.17, 15) is 4.79 Å². The van der Waals surface area contributed by atoms with Gasteiger partial charge in [-0.3, -0.25) is 9.69 Å². The molecule has 2 heterocycles. The molecule has 0 bridgehead atoms. The van der Waals surface area contributed by atoms with Crippen LogP contribution in [0.1, 0.15) is 56.1 Å². The Hall–Kier alpha value is -1.52. The summed E-state index contributed by atoms with van der Waals surface area (Å²) in [5.41, 5.74) is 4.23. The van der Waals surface area contributed by atoms with E-state index in [4.69, 9.17) is 4.74 Å². The van der Waals surface area contributed by atoms with Crippen LogP contribution in [0, 0.1) is 5.92 Å². The Morgan fingerprint density at radius 2 is 2.04 bits per heavy atom. The van der Waals surface area contributed by atoms with E-state index in [0.29, 0.717) is 12.0 Å². The lowest BCUT2D eigenvalue weighted by Gasteiger charge is -2.46. The molecule has 5 rings (SSSR count). The first-order valence-electron chi connectivity index (χ1n) is 10.7. The van der Waals surface area contributed by atoms with E-state index < -0.39 is 0 Å². The van der Waals surface area contributed by atoms with Crippen molar-refractivity contribution in [1.29, 1.82) is 0 Å². The second-order valence-corrected chi connectivity index (χ2v) is 8.75. The number of ether oxygens (including phenoxy) is 1. The average Bonchev–Trinajstić information content (AvgIpc) is 3.30. The molecule has 3 aliphatic rings. The zero-order valence-electron chi connectivity index (χ0n) is 16.9. The van der Waals surface area contributed by atoms with Crippen molar-refractivity contribution in [3.8, 4) is 0 Å². The molecule has 0 N–H and O–H groups in total. The van der Waals surface area contributed by atoms with Crippen LogP contribution >= 0.6 is 12.4 Å². The van der Waals surface area contributed by atoms with Gasteiger partial charge in [0, 0.05) is 42.7 Å². The average molecular weight is 403 g/mol. The number of aryl methyl sites for hydroxylation is 1. The molecule has 1 unspecified atom stereocenters. The SMILES string of the molecule is CCN1C[C@H](C(=O)OC2CCCC2)CC2c3cccc4c3c(cn4C)C[C@H]21.Cl. The number of esters is 1. The third kappa shape index (κ3) is 3.15. The van der Waals surface area contributed by atoms with E-state index in [1.165, 1.54) is 34.9 Å². The van der Waals surface area contributed by atoms with Gasteiger partial charge in [0.15, 0.2) is 0 Å². The second kappa shape index (κ2) is 7.72. The largest absolute Gasteiger partial charge is 0.462 e. The summed E-state index contributed by atoms with van der Waals surface area (Å²) in [6, 6.07) is 7.20. The van der Waals surface area contributed by atoms with Crippen LogP contribution in [0.2, 0.25) is 0 Å². The topological polar surface area (TPSA) is 34.5 Å². The van der Waals surface area contributed by atoms with Crippen LogP contribution in [0.4, 0.5) is 0 Å². The Bertz CT molecular complexity index is 871. The maximum atomic E-state index is 12.9. The van der Waals surface area contributed by atoms with E-state index in [0.717, 1.165) is 38.8 Å². The van der Waals surface area contributed by atoms with E-state index in [1.54, 1.807) is 0 Å². The van der Waals surface area contributed by atoms with Crippen LogP contribution in [-0.2, 0) is 23.0 Å². The Morgan fingerprint density at radius 1 is 1.25 bits per heavy atom. The fourth-order valence-corrected chi connectivity index (χ4v) is 5.88. The fourth-order valence-electron chi connectivity index (χ4n) is 5.88. The minimum atomic E-state index is 0. The molecule has 1 aromatic carbocycles. The summed E-state index contributed by atoms with van der Waals surface area (Å²) in [7, 11) is 2.14. The van der Waals surface area contributed by atoms with Crippen molar-refractivity contribution in [1.82, 2.24) is 9.47 Å². The molecular weight excluding hydrogens is 372 g/mol. The number of nitrogens with zero attached hydrogens (tertiary/aromatic N) is 2. The van der Waals surface area contributed by atoms with E-state index in [2.05, 4.69) is 47.8 Å². The van der Waals surface area contributed by atoms with E-state index >= 15 is 0 Å². The number of hydrogen-bond donors (Lipinski definition) is 0. The number of benzene rings is 1. The third-order valence-electron chi connectivity index (χ3n) is 7.21. The monoisotopic (exact) mass is 402 g/mol. The van der Waals surface area contributed by atoms with Crippen LogP contribution in [-0.4, -0.2) is 40.7 Å². The predicted molar refractivity (Wildman–Crippen MR) is 114 cm³/mol. The lowest BCUT2D eigenvalue weighted by molar-refractivity contribution is -0.156. The molecule has 3 atom stereocenters. The molecule has 2 aromatic rings. The van der Waals surface area contributed by atoms with Crippen LogP contribution in [0.15, 0.2) is 24.4 Å². The molecular formula is C23H31ClN2O2. The lowest BCUT2D eigenvalue weighted by atomic mass is 9.72. The number of likely N-dealkylation sites (N-methyl/N-ethyl adjacent to an activating group) is 1. The molecule has 1 saturated heterocycles. The maximum Gasteiger partial charge on any atom is 0.310 e. The highest BCUT2D eigenvalue weighted by molar-refractivity contribution is 5.89.